The average molecular weight is 320 g/mol. The Bertz CT molecular complexity index is 614. The smallest absolute Gasteiger partial charge is 0.224 e. The molecule has 0 fully saturated rings. The number of halogens is 1. The van der Waals surface area contributed by atoms with E-state index in [1.54, 1.807) is 0 Å². The standard InChI is InChI=1S/C16H18BrNO/c1-16(2,3)10-15(19)18-14-7-5-11-8-13(17)6-4-12(11)9-14/h4-9H,10H2,1-3H3,(H,18,19). The maximum atomic E-state index is 11.9. The summed E-state index contributed by atoms with van der Waals surface area (Å²) in [5.41, 5.74) is 0.857. The molecule has 2 aromatic carbocycles. The molecule has 0 aliphatic rings. The van der Waals surface area contributed by atoms with Gasteiger partial charge >= 0.3 is 0 Å². The first-order chi connectivity index (χ1) is 8.83. The lowest BCUT2D eigenvalue weighted by Gasteiger charge is -2.17. The van der Waals surface area contributed by atoms with Crippen molar-refractivity contribution in [2.45, 2.75) is 27.2 Å². The molecule has 0 aliphatic heterocycles. The van der Waals surface area contributed by atoms with Crippen LogP contribution in [0.4, 0.5) is 5.69 Å². The lowest BCUT2D eigenvalue weighted by atomic mass is 9.92. The lowest BCUT2D eigenvalue weighted by Crippen LogP contribution is -2.19. The Morgan fingerprint density at radius 2 is 1.74 bits per heavy atom. The second-order valence-corrected chi connectivity index (χ2v) is 6.91. The number of rotatable bonds is 2. The number of hydrogen-bond acceptors (Lipinski definition) is 1. The van der Waals surface area contributed by atoms with Gasteiger partial charge in [0.2, 0.25) is 5.91 Å². The molecule has 19 heavy (non-hydrogen) atoms. The summed E-state index contributed by atoms with van der Waals surface area (Å²) in [5, 5.41) is 5.23. The van der Waals surface area contributed by atoms with Crippen LogP contribution in [0.25, 0.3) is 10.8 Å². The normalized spacial score (nSPS) is 11.6. The van der Waals surface area contributed by atoms with Crippen LogP contribution in [0.3, 0.4) is 0 Å². The molecule has 0 unspecified atom stereocenters. The molecule has 3 heteroatoms. The zero-order valence-electron chi connectivity index (χ0n) is 11.5. The summed E-state index contributed by atoms with van der Waals surface area (Å²) in [6.45, 7) is 6.18. The SMILES string of the molecule is CC(C)(C)CC(=O)Nc1ccc2cc(Br)ccc2c1. The van der Waals surface area contributed by atoms with Gasteiger partial charge in [0.05, 0.1) is 0 Å². The molecule has 2 rings (SSSR count). The van der Waals surface area contributed by atoms with Crippen molar-refractivity contribution in [2.75, 3.05) is 5.32 Å². The summed E-state index contributed by atoms with van der Waals surface area (Å²) in [6.07, 6.45) is 0.519. The Morgan fingerprint density at radius 1 is 1.11 bits per heavy atom. The molecule has 0 spiro atoms. The summed E-state index contributed by atoms with van der Waals surface area (Å²) < 4.78 is 1.06. The van der Waals surface area contributed by atoms with Gasteiger partial charge in [0.15, 0.2) is 0 Å². The molecule has 2 nitrogen and oxygen atoms in total. The first-order valence-electron chi connectivity index (χ1n) is 6.33. The van der Waals surface area contributed by atoms with Crippen LogP contribution in [0.15, 0.2) is 40.9 Å². The van der Waals surface area contributed by atoms with Gasteiger partial charge in [-0.05, 0) is 40.5 Å². The molecule has 0 heterocycles. The van der Waals surface area contributed by atoms with Crippen LogP contribution in [0.2, 0.25) is 0 Å². The summed E-state index contributed by atoms with van der Waals surface area (Å²) in [7, 11) is 0. The molecule has 0 aliphatic carbocycles. The van der Waals surface area contributed by atoms with Gasteiger partial charge in [-0.15, -0.1) is 0 Å². The third-order valence-electron chi connectivity index (χ3n) is 2.78. The second kappa shape index (κ2) is 5.33. The molecule has 2 aromatic rings. The number of nitrogens with one attached hydrogen (secondary N) is 1. The fourth-order valence-corrected chi connectivity index (χ4v) is 2.36. The highest BCUT2D eigenvalue weighted by Gasteiger charge is 2.15. The van der Waals surface area contributed by atoms with Crippen molar-refractivity contribution in [3.8, 4) is 0 Å². The van der Waals surface area contributed by atoms with Gasteiger partial charge in [-0.25, -0.2) is 0 Å². The topological polar surface area (TPSA) is 29.1 Å². The number of anilines is 1. The van der Waals surface area contributed by atoms with Crippen LogP contribution in [0, 0.1) is 5.41 Å². The average Bonchev–Trinajstić information content (AvgIpc) is 2.26. The molecular weight excluding hydrogens is 302 g/mol. The van der Waals surface area contributed by atoms with E-state index in [1.165, 1.54) is 0 Å². The Morgan fingerprint density at radius 3 is 2.42 bits per heavy atom. The zero-order chi connectivity index (χ0) is 14.0. The van der Waals surface area contributed by atoms with E-state index in [-0.39, 0.29) is 11.3 Å². The highest BCUT2D eigenvalue weighted by Crippen LogP contribution is 2.24. The van der Waals surface area contributed by atoms with E-state index in [9.17, 15) is 4.79 Å². The molecule has 1 amide bonds. The Kier molecular flexibility index (Phi) is 3.95. The van der Waals surface area contributed by atoms with Gasteiger partial charge in [-0.3, -0.25) is 4.79 Å². The van der Waals surface area contributed by atoms with E-state index in [0.717, 1.165) is 20.9 Å². The minimum absolute atomic E-state index is 0.00575. The number of fused-ring (bicyclic) bond motifs is 1. The molecule has 0 saturated heterocycles. The lowest BCUT2D eigenvalue weighted by molar-refractivity contribution is -0.117. The van der Waals surface area contributed by atoms with Crippen LogP contribution in [0.1, 0.15) is 27.2 Å². The van der Waals surface area contributed by atoms with E-state index in [2.05, 4.69) is 48.1 Å². The molecule has 0 bridgehead atoms. The molecule has 0 aromatic heterocycles. The Balaban J connectivity index is 2.18. The maximum absolute atomic E-state index is 11.9. The van der Waals surface area contributed by atoms with Crippen LogP contribution in [-0.4, -0.2) is 5.91 Å². The highest BCUT2D eigenvalue weighted by molar-refractivity contribution is 9.10. The van der Waals surface area contributed by atoms with Crippen LogP contribution in [-0.2, 0) is 4.79 Å². The summed E-state index contributed by atoms with van der Waals surface area (Å²) in [6, 6.07) is 12.1. The number of benzene rings is 2. The fraction of sp³-hybridized carbons (Fsp3) is 0.312. The van der Waals surface area contributed by atoms with Crippen LogP contribution < -0.4 is 5.32 Å². The quantitative estimate of drug-likeness (QED) is 0.831. The van der Waals surface area contributed by atoms with E-state index in [0.29, 0.717) is 6.42 Å². The maximum Gasteiger partial charge on any atom is 0.224 e. The number of carbonyl (C=O) groups is 1. The first-order valence-corrected chi connectivity index (χ1v) is 7.12. The van der Waals surface area contributed by atoms with Crippen molar-refractivity contribution in [3.63, 3.8) is 0 Å². The highest BCUT2D eigenvalue weighted by atomic mass is 79.9. The van der Waals surface area contributed by atoms with Crippen molar-refractivity contribution in [3.05, 3.63) is 40.9 Å². The van der Waals surface area contributed by atoms with Gasteiger partial charge in [0, 0.05) is 16.6 Å². The minimum atomic E-state index is 0.00575. The van der Waals surface area contributed by atoms with Crippen molar-refractivity contribution in [2.24, 2.45) is 5.41 Å². The fourth-order valence-electron chi connectivity index (χ4n) is 1.98. The monoisotopic (exact) mass is 319 g/mol. The molecule has 0 radical (unpaired) electrons. The molecule has 0 atom stereocenters. The third kappa shape index (κ3) is 4.06. The first kappa shape index (κ1) is 14.1. The van der Waals surface area contributed by atoms with E-state index >= 15 is 0 Å². The Labute approximate surface area is 122 Å². The van der Waals surface area contributed by atoms with Crippen molar-refractivity contribution in [1.29, 1.82) is 0 Å². The van der Waals surface area contributed by atoms with Crippen molar-refractivity contribution in [1.82, 2.24) is 0 Å². The summed E-state index contributed by atoms with van der Waals surface area (Å²) in [4.78, 5) is 11.9. The van der Waals surface area contributed by atoms with Crippen molar-refractivity contribution >= 4 is 38.3 Å². The van der Waals surface area contributed by atoms with Crippen molar-refractivity contribution < 1.29 is 4.79 Å². The van der Waals surface area contributed by atoms with E-state index < -0.39 is 0 Å². The predicted octanol–water partition coefficient (Wildman–Crippen LogP) is 4.98. The van der Waals surface area contributed by atoms with Gasteiger partial charge in [-0.1, -0.05) is 48.8 Å². The molecular formula is C16H18BrNO. The molecule has 0 saturated carbocycles. The molecule has 1 N–H and O–H groups in total. The predicted molar refractivity (Wildman–Crippen MR) is 84.3 cm³/mol. The number of hydrogen-bond donors (Lipinski definition) is 1. The second-order valence-electron chi connectivity index (χ2n) is 5.99. The van der Waals surface area contributed by atoms with E-state index in [1.807, 2.05) is 30.3 Å². The van der Waals surface area contributed by atoms with Gasteiger partial charge in [0.25, 0.3) is 0 Å². The van der Waals surface area contributed by atoms with Crippen LogP contribution in [0.5, 0.6) is 0 Å². The molecule has 100 valence electrons. The third-order valence-corrected chi connectivity index (χ3v) is 3.27. The van der Waals surface area contributed by atoms with E-state index in [4.69, 9.17) is 0 Å². The zero-order valence-corrected chi connectivity index (χ0v) is 13.0. The van der Waals surface area contributed by atoms with Gasteiger partial charge < -0.3 is 5.32 Å². The summed E-state index contributed by atoms with van der Waals surface area (Å²) >= 11 is 3.45. The summed E-state index contributed by atoms with van der Waals surface area (Å²) in [5.74, 6) is 0.0592. The largest absolute Gasteiger partial charge is 0.326 e. The number of carbonyl (C=O) groups excluding carboxylic acids is 1. The van der Waals surface area contributed by atoms with Crippen LogP contribution >= 0.6 is 15.9 Å². The number of amides is 1. The van der Waals surface area contributed by atoms with Gasteiger partial charge in [0.1, 0.15) is 0 Å². The van der Waals surface area contributed by atoms with Gasteiger partial charge in [-0.2, -0.15) is 0 Å². The minimum Gasteiger partial charge on any atom is -0.326 e. The Hall–Kier alpha value is -1.35.